The van der Waals surface area contributed by atoms with Crippen LogP contribution in [0, 0.1) is 0 Å². The molecule has 0 atom stereocenters. The van der Waals surface area contributed by atoms with E-state index in [1.165, 1.54) is 16.6 Å². The Kier molecular flexibility index (Phi) is 4.02. The lowest BCUT2D eigenvalue weighted by molar-refractivity contribution is 0.151. The zero-order valence-electron chi connectivity index (χ0n) is 14.8. The summed E-state index contributed by atoms with van der Waals surface area (Å²) < 4.78 is 1.23. The summed E-state index contributed by atoms with van der Waals surface area (Å²) in [7, 11) is 0. The van der Waals surface area contributed by atoms with Gasteiger partial charge in [0.05, 0.1) is 45.9 Å². The standard InChI is InChI=1S/C19H20N6OS/c26-18-23-19(11-25(18)15-8-20-12-21-9-15)3-5-24(6-4-19)10-14-1-2-17-16(7-14)22-13-27-17/h1-2,7-9,12-13H,3-6,10-11H2,(H,23,26). The van der Waals surface area contributed by atoms with Crippen molar-refractivity contribution in [2.75, 3.05) is 24.5 Å². The monoisotopic (exact) mass is 380 g/mol. The number of carbonyl (C=O) groups excluding carboxylic acids is 1. The molecule has 0 aliphatic carbocycles. The minimum Gasteiger partial charge on any atom is -0.330 e. The van der Waals surface area contributed by atoms with Crippen LogP contribution >= 0.6 is 11.3 Å². The number of anilines is 1. The Morgan fingerprint density at radius 2 is 2.00 bits per heavy atom. The summed E-state index contributed by atoms with van der Waals surface area (Å²) >= 11 is 1.67. The molecule has 2 aromatic heterocycles. The highest BCUT2D eigenvalue weighted by molar-refractivity contribution is 7.16. The predicted octanol–water partition coefficient (Wildman–Crippen LogP) is 2.65. The minimum atomic E-state index is -0.151. The molecule has 27 heavy (non-hydrogen) atoms. The van der Waals surface area contributed by atoms with Crippen molar-refractivity contribution in [3.63, 3.8) is 0 Å². The second-order valence-corrected chi connectivity index (χ2v) is 8.21. The van der Waals surface area contributed by atoms with Gasteiger partial charge in [-0.1, -0.05) is 6.07 Å². The number of thiazole rings is 1. The normalized spacial score (nSPS) is 19.7. The number of carbonyl (C=O) groups is 1. The van der Waals surface area contributed by atoms with E-state index in [0.717, 1.165) is 43.7 Å². The van der Waals surface area contributed by atoms with Crippen LogP contribution in [0.2, 0.25) is 0 Å². The zero-order valence-corrected chi connectivity index (χ0v) is 15.7. The molecule has 1 aromatic carbocycles. The molecule has 0 unspecified atom stereocenters. The number of hydrogen-bond acceptors (Lipinski definition) is 6. The second-order valence-electron chi connectivity index (χ2n) is 7.32. The Labute approximate surface area is 161 Å². The maximum Gasteiger partial charge on any atom is 0.322 e. The topological polar surface area (TPSA) is 74.2 Å². The first kappa shape index (κ1) is 16.6. The lowest BCUT2D eigenvalue weighted by Crippen LogP contribution is -2.52. The van der Waals surface area contributed by atoms with Crippen molar-refractivity contribution < 1.29 is 4.79 Å². The molecule has 8 heteroatoms. The van der Waals surface area contributed by atoms with Gasteiger partial charge in [0.1, 0.15) is 6.33 Å². The molecule has 0 radical (unpaired) electrons. The second kappa shape index (κ2) is 6.54. The van der Waals surface area contributed by atoms with Crippen molar-refractivity contribution in [1.29, 1.82) is 0 Å². The molecule has 0 saturated carbocycles. The number of nitrogens with zero attached hydrogens (tertiary/aromatic N) is 5. The molecular formula is C19H20N6OS. The molecule has 7 nitrogen and oxygen atoms in total. The maximum absolute atomic E-state index is 12.5. The van der Waals surface area contributed by atoms with Crippen LogP contribution in [0.3, 0.4) is 0 Å². The van der Waals surface area contributed by atoms with Crippen LogP contribution in [0.25, 0.3) is 10.2 Å². The van der Waals surface area contributed by atoms with Crippen LogP contribution in [0.15, 0.2) is 42.4 Å². The first-order chi connectivity index (χ1) is 13.2. The number of nitrogens with one attached hydrogen (secondary N) is 1. The van der Waals surface area contributed by atoms with E-state index in [1.807, 2.05) is 5.51 Å². The summed E-state index contributed by atoms with van der Waals surface area (Å²) in [5.41, 5.74) is 4.87. The molecule has 2 amide bonds. The van der Waals surface area contributed by atoms with Crippen molar-refractivity contribution >= 4 is 33.3 Å². The highest BCUT2D eigenvalue weighted by atomic mass is 32.1. The van der Waals surface area contributed by atoms with Gasteiger partial charge in [-0.2, -0.15) is 0 Å². The fourth-order valence-corrected chi connectivity index (χ4v) is 4.69. The Bertz CT molecular complexity index is 967. The maximum atomic E-state index is 12.5. The molecule has 4 heterocycles. The molecule has 1 N–H and O–H groups in total. The summed E-state index contributed by atoms with van der Waals surface area (Å²) in [5.74, 6) is 0. The van der Waals surface area contributed by atoms with Gasteiger partial charge in [0.15, 0.2) is 0 Å². The van der Waals surface area contributed by atoms with Crippen LogP contribution in [0.1, 0.15) is 18.4 Å². The van der Waals surface area contributed by atoms with Gasteiger partial charge < -0.3 is 5.32 Å². The zero-order chi connectivity index (χ0) is 18.3. The predicted molar refractivity (Wildman–Crippen MR) is 105 cm³/mol. The first-order valence-corrected chi connectivity index (χ1v) is 9.98. The third-order valence-corrected chi connectivity index (χ3v) is 6.36. The van der Waals surface area contributed by atoms with Crippen LogP contribution in [-0.2, 0) is 6.54 Å². The number of likely N-dealkylation sites (tertiary alicyclic amines) is 1. The van der Waals surface area contributed by atoms with Gasteiger partial charge in [0.2, 0.25) is 0 Å². The molecule has 5 rings (SSSR count). The van der Waals surface area contributed by atoms with E-state index < -0.39 is 0 Å². The van der Waals surface area contributed by atoms with E-state index in [1.54, 1.807) is 28.6 Å². The van der Waals surface area contributed by atoms with Gasteiger partial charge in [0.25, 0.3) is 0 Å². The van der Waals surface area contributed by atoms with Gasteiger partial charge in [0, 0.05) is 19.6 Å². The lowest BCUT2D eigenvalue weighted by Gasteiger charge is -2.38. The largest absolute Gasteiger partial charge is 0.330 e. The minimum absolute atomic E-state index is 0.0489. The SMILES string of the molecule is O=C1NC2(CCN(Cc3ccc4scnc4c3)CC2)CN1c1cncnc1. The molecule has 3 aromatic rings. The van der Waals surface area contributed by atoms with Crippen LogP contribution in [0.4, 0.5) is 10.5 Å². The molecule has 2 fully saturated rings. The molecule has 1 spiro atoms. The molecule has 2 aliphatic heterocycles. The Morgan fingerprint density at radius 3 is 2.81 bits per heavy atom. The van der Waals surface area contributed by atoms with Crippen LogP contribution in [0.5, 0.6) is 0 Å². The Morgan fingerprint density at radius 1 is 1.19 bits per heavy atom. The van der Waals surface area contributed by atoms with Crippen molar-refractivity contribution in [2.24, 2.45) is 0 Å². The van der Waals surface area contributed by atoms with Gasteiger partial charge >= 0.3 is 6.03 Å². The Hall–Kier alpha value is -2.58. The van der Waals surface area contributed by atoms with Crippen LogP contribution in [-0.4, -0.2) is 51.1 Å². The van der Waals surface area contributed by atoms with Crippen molar-refractivity contribution in [1.82, 2.24) is 25.2 Å². The highest BCUT2D eigenvalue weighted by Gasteiger charge is 2.44. The average molecular weight is 380 g/mol. The summed E-state index contributed by atoms with van der Waals surface area (Å²) in [6.45, 7) is 3.54. The summed E-state index contributed by atoms with van der Waals surface area (Å²) in [6, 6.07) is 6.49. The number of aromatic nitrogens is 3. The smallest absolute Gasteiger partial charge is 0.322 e. The van der Waals surface area contributed by atoms with Gasteiger partial charge in [-0.15, -0.1) is 11.3 Å². The van der Waals surface area contributed by atoms with E-state index in [2.05, 4.69) is 43.4 Å². The molecule has 2 saturated heterocycles. The van der Waals surface area contributed by atoms with Crippen LogP contribution < -0.4 is 10.2 Å². The fourth-order valence-electron chi connectivity index (χ4n) is 4.03. The molecular weight excluding hydrogens is 360 g/mol. The molecule has 138 valence electrons. The summed E-state index contributed by atoms with van der Waals surface area (Å²) in [5, 5.41) is 3.22. The number of amides is 2. The quantitative estimate of drug-likeness (QED) is 0.756. The first-order valence-electron chi connectivity index (χ1n) is 9.10. The van der Waals surface area contributed by atoms with E-state index in [0.29, 0.717) is 6.54 Å². The van der Waals surface area contributed by atoms with Crippen molar-refractivity contribution in [3.05, 3.63) is 48.0 Å². The fraction of sp³-hybridized carbons (Fsp3) is 0.368. The summed E-state index contributed by atoms with van der Waals surface area (Å²) in [6.07, 6.45) is 6.75. The number of urea groups is 1. The number of piperidine rings is 1. The average Bonchev–Trinajstić information content (AvgIpc) is 3.29. The van der Waals surface area contributed by atoms with E-state index in [-0.39, 0.29) is 11.6 Å². The number of benzene rings is 1. The number of rotatable bonds is 3. The molecule has 0 bridgehead atoms. The van der Waals surface area contributed by atoms with E-state index >= 15 is 0 Å². The third kappa shape index (κ3) is 3.15. The van der Waals surface area contributed by atoms with Crippen molar-refractivity contribution in [2.45, 2.75) is 24.9 Å². The van der Waals surface area contributed by atoms with Crippen molar-refractivity contribution in [3.8, 4) is 0 Å². The van der Waals surface area contributed by atoms with E-state index in [9.17, 15) is 4.79 Å². The third-order valence-electron chi connectivity index (χ3n) is 5.55. The molecule has 2 aliphatic rings. The number of fused-ring (bicyclic) bond motifs is 1. The Balaban J connectivity index is 1.24. The van der Waals surface area contributed by atoms with Gasteiger partial charge in [-0.05, 0) is 30.5 Å². The highest BCUT2D eigenvalue weighted by Crippen LogP contribution is 2.31. The van der Waals surface area contributed by atoms with E-state index in [4.69, 9.17) is 0 Å². The van der Waals surface area contributed by atoms with Gasteiger partial charge in [-0.25, -0.2) is 19.7 Å². The van der Waals surface area contributed by atoms with Gasteiger partial charge in [-0.3, -0.25) is 9.80 Å². The number of hydrogen-bond donors (Lipinski definition) is 1. The summed E-state index contributed by atoms with van der Waals surface area (Å²) in [4.78, 5) is 29.1. The lowest BCUT2D eigenvalue weighted by atomic mass is 9.88.